The number of carbonyl (C=O) groups is 2. The SMILES string of the molecule is O=C(O)CCCCCCCCC#CC#CCCCCCCCCCC(=O)O. The van der Waals surface area contributed by atoms with Crippen LogP contribution in [0.5, 0.6) is 0 Å². The van der Waals surface area contributed by atoms with Crippen LogP contribution in [0.3, 0.4) is 0 Å². The van der Waals surface area contributed by atoms with E-state index in [2.05, 4.69) is 23.7 Å². The molecule has 0 saturated heterocycles. The van der Waals surface area contributed by atoms with Crippen molar-refractivity contribution in [1.29, 1.82) is 0 Å². The summed E-state index contributed by atoms with van der Waals surface area (Å²) in [7, 11) is 0. The Balaban J connectivity index is 3.28. The maximum absolute atomic E-state index is 10.4. The van der Waals surface area contributed by atoms with Gasteiger partial charge in [-0.3, -0.25) is 9.59 Å². The Bertz CT molecular complexity index is 502. The zero-order valence-corrected chi connectivity index (χ0v) is 16.7. The van der Waals surface area contributed by atoms with Crippen molar-refractivity contribution in [3.8, 4) is 23.7 Å². The van der Waals surface area contributed by atoms with Gasteiger partial charge in [0.15, 0.2) is 0 Å². The number of unbranched alkanes of at least 4 members (excludes halogenated alkanes) is 13. The minimum absolute atomic E-state index is 0.290. The molecule has 0 unspecified atom stereocenters. The van der Waals surface area contributed by atoms with Gasteiger partial charge < -0.3 is 10.2 Å². The third-order valence-corrected chi connectivity index (χ3v) is 4.37. The molecule has 0 atom stereocenters. The summed E-state index contributed by atoms with van der Waals surface area (Å²) in [6, 6.07) is 0. The molecule has 4 nitrogen and oxygen atoms in total. The van der Waals surface area contributed by atoms with E-state index in [9.17, 15) is 9.59 Å². The second kappa shape index (κ2) is 20.4. The van der Waals surface area contributed by atoms with Crippen molar-refractivity contribution >= 4 is 11.9 Å². The maximum Gasteiger partial charge on any atom is 0.303 e. The zero-order valence-electron chi connectivity index (χ0n) is 16.7. The summed E-state index contributed by atoms with van der Waals surface area (Å²) in [4.78, 5) is 20.7. The predicted octanol–water partition coefficient (Wildman–Crippen LogP) is 5.79. The van der Waals surface area contributed by atoms with Crippen molar-refractivity contribution in [3.05, 3.63) is 0 Å². The Labute approximate surface area is 165 Å². The first-order valence-electron chi connectivity index (χ1n) is 10.5. The maximum atomic E-state index is 10.4. The molecule has 0 amide bonds. The van der Waals surface area contributed by atoms with Gasteiger partial charge in [-0.15, -0.1) is 0 Å². The Morgan fingerprint density at radius 1 is 0.481 bits per heavy atom. The second-order valence-corrected chi connectivity index (χ2v) is 6.99. The quantitative estimate of drug-likeness (QED) is 0.249. The van der Waals surface area contributed by atoms with Crippen molar-refractivity contribution in [1.82, 2.24) is 0 Å². The summed E-state index contributed by atoms with van der Waals surface area (Å²) in [6.45, 7) is 0. The first-order valence-corrected chi connectivity index (χ1v) is 10.5. The Hall–Kier alpha value is -1.94. The molecule has 152 valence electrons. The minimum atomic E-state index is -0.698. The van der Waals surface area contributed by atoms with Gasteiger partial charge in [0.1, 0.15) is 0 Å². The standard InChI is InChI=1S/C23H36O4/c24-22(25)20-18-16-14-12-10-8-6-4-2-1-3-5-7-9-11-13-15-17-19-21-23(26)27/h4,6-21H2,(H,24,25)(H,26,27). The molecular weight excluding hydrogens is 340 g/mol. The van der Waals surface area contributed by atoms with Gasteiger partial charge in [-0.25, -0.2) is 0 Å². The van der Waals surface area contributed by atoms with Crippen molar-refractivity contribution in [2.24, 2.45) is 0 Å². The summed E-state index contributed by atoms with van der Waals surface area (Å²) in [5.74, 6) is 10.7. The third-order valence-electron chi connectivity index (χ3n) is 4.37. The molecule has 0 rings (SSSR count). The molecule has 27 heavy (non-hydrogen) atoms. The van der Waals surface area contributed by atoms with Gasteiger partial charge >= 0.3 is 11.9 Å². The van der Waals surface area contributed by atoms with Crippen molar-refractivity contribution < 1.29 is 19.8 Å². The van der Waals surface area contributed by atoms with E-state index in [4.69, 9.17) is 10.2 Å². The Morgan fingerprint density at radius 2 is 0.778 bits per heavy atom. The molecule has 0 aromatic carbocycles. The lowest BCUT2D eigenvalue weighted by atomic mass is 10.1. The molecule has 0 aliphatic heterocycles. The normalized spacial score (nSPS) is 9.78. The van der Waals surface area contributed by atoms with Crippen LogP contribution in [0.1, 0.15) is 109 Å². The number of aliphatic carboxylic acids is 2. The van der Waals surface area contributed by atoms with Crippen LogP contribution in [0.25, 0.3) is 0 Å². The molecular formula is C23H36O4. The molecule has 0 aromatic heterocycles. The van der Waals surface area contributed by atoms with Crippen molar-refractivity contribution in [3.63, 3.8) is 0 Å². The Morgan fingerprint density at radius 3 is 1.11 bits per heavy atom. The van der Waals surface area contributed by atoms with Gasteiger partial charge in [-0.1, -0.05) is 69.6 Å². The van der Waals surface area contributed by atoms with Gasteiger partial charge in [-0.2, -0.15) is 0 Å². The van der Waals surface area contributed by atoms with Gasteiger partial charge in [0.25, 0.3) is 0 Å². The van der Waals surface area contributed by atoms with Crippen molar-refractivity contribution in [2.45, 2.75) is 109 Å². The van der Waals surface area contributed by atoms with E-state index < -0.39 is 11.9 Å². The summed E-state index contributed by atoms with van der Waals surface area (Å²) in [6.07, 6.45) is 16.4. The molecule has 0 aliphatic rings. The second-order valence-electron chi connectivity index (χ2n) is 6.99. The van der Waals surface area contributed by atoms with Crippen LogP contribution in [0.15, 0.2) is 0 Å². The molecule has 0 aromatic rings. The van der Waals surface area contributed by atoms with E-state index in [1.54, 1.807) is 0 Å². The van der Waals surface area contributed by atoms with Crippen molar-refractivity contribution in [2.75, 3.05) is 0 Å². The number of carboxylic acids is 2. The largest absolute Gasteiger partial charge is 0.481 e. The first kappa shape index (κ1) is 25.1. The van der Waals surface area contributed by atoms with Gasteiger partial charge in [0.2, 0.25) is 0 Å². The molecule has 0 radical (unpaired) electrons. The fraction of sp³-hybridized carbons (Fsp3) is 0.739. The lowest BCUT2D eigenvalue weighted by molar-refractivity contribution is -0.138. The predicted molar refractivity (Wildman–Crippen MR) is 109 cm³/mol. The lowest BCUT2D eigenvalue weighted by Crippen LogP contribution is -1.93. The topological polar surface area (TPSA) is 74.6 Å². The van der Waals surface area contributed by atoms with Gasteiger partial charge in [0, 0.05) is 25.7 Å². The smallest absolute Gasteiger partial charge is 0.303 e. The zero-order chi connectivity index (χ0) is 20.0. The molecule has 0 bridgehead atoms. The summed E-state index contributed by atoms with van der Waals surface area (Å²) in [5, 5.41) is 17.1. The summed E-state index contributed by atoms with van der Waals surface area (Å²) in [5.41, 5.74) is 0. The van der Waals surface area contributed by atoms with Crippen LogP contribution >= 0.6 is 0 Å². The van der Waals surface area contributed by atoms with Crippen LogP contribution in [-0.4, -0.2) is 22.2 Å². The molecule has 4 heteroatoms. The minimum Gasteiger partial charge on any atom is -0.481 e. The highest BCUT2D eigenvalue weighted by Crippen LogP contribution is 2.09. The van der Waals surface area contributed by atoms with E-state index in [0.29, 0.717) is 12.8 Å². The van der Waals surface area contributed by atoms with Gasteiger partial charge in [-0.05, 0) is 37.5 Å². The van der Waals surface area contributed by atoms with Gasteiger partial charge in [0.05, 0.1) is 0 Å². The van der Waals surface area contributed by atoms with Crippen LogP contribution < -0.4 is 0 Å². The number of hydrogen-bond acceptors (Lipinski definition) is 2. The average molecular weight is 377 g/mol. The van der Waals surface area contributed by atoms with E-state index in [1.165, 1.54) is 19.3 Å². The molecule has 0 fully saturated rings. The van der Waals surface area contributed by atoms with Crippen LogP contribution in [0.2, 0.25) is 0 Å². The molecule has 0 heterocycles. The summed E-state index contributed by atoms with van der Waals surface area (Å²) >= 11 is 0. The lowest BCUT2D eigenvalue weighted by Gasteiger charge is -1.99. The number of carboxylic acid groups (broad SMARTS) is 2. The highest BCUT2D eigenvalue weighted by molar-refractivity contribution is 5.66. The number of hydrogen-bond donors (Lipinski definition) is 2. The fourth-order valence-electron chi connectivity index (χ4n) is 2.78. The van der Waals surface area contributed by atoms with Crippen LogP contribution in [0, 0.1) is 23.7 Å². The monoisotopic (exact) mass is 376 g/mol. The Kier molecular flexibility index (Phi) is 18.9. The number of rotatable bonds is 17. The van der Waals surface area contributed by atoms with Crippen LogP contribution in [-0.2, 0) is 9.59 Å². The first-order chi connectivity index (χ1) is 13.1. The average Bonchev–Trinajstić information content (AvgIpc) is 2.62. The van der Waals surface area contributed by atoms with Crippen LogP contribution in [0.4, 0.5) is 0 Å². The van der Waals surface area contributed by atoms with E-state index >= 15 is 0 Å². The fourth-order valence-corrected chi connectivity index (χ4v) is 2.78. The molecule has 0 saturated carbocycles. The third kappa shape index (κ3) is 24.1. The highest BCUT2D eigenvalue weighted by atomic mass is 16.4. The van der Waals surface area contributed by atoms with E-state index in [0.717, 1.165) is 77.0 Å². The highest BCUT2D eigenvalue weighted by Gasteiger charge is 1.97. The molecule has 0 aliphatic carbocycles. The van der Waals surface area contributed by atoms with E-state index in [-0.39, 0.29) is 0 Å². The molecule has 2 N–H and O–H groups in total. The van der Waals surface area contributed by atoms with E-state index in [1.807, 2.05) is 0 Å². The molecule has 0 spiro atoms. The summed E-state index contributed by atoms with van der Waals surface area (Å²) < 4.78 is 0.